The first-order valence-electron chi connectivity index (χ1n) is 11.3. The van der Waals surface area contributed by atoms with Crippen molar-refractivity contribution in [3.05, 3.63) is 127 Å². The molecule has 0 atom stereocenters. The minimum atomic E-state index is -0.304. The molecule has 5 aromatic rings. The minimum absolute atomic E-state index is 0.114. The molecule has 0 saturated heterocycles. The molecule has 0 aliphatic rings. The van der Waals surface area contributed by atoms with E-state index in [0.717, 1.165) is 11.3 Å². The van der Waals surface area contributed by atoms with Gasteiger partial charge in [-0.25, -0.2) is 4.68 Å². The summed E-state index contributed by atoms with van der Waals surface area (Å²) in [6.07, 6.45) is 2.70. The van der Waals surface area contributed by atoms with Gasteiger partial charge >= 0.3 is 0 Å². The van der Waals surface area contributed by atoms with Crippen molar-refractivity contribution in [1.82, 2.24) is 19.7 Å². The van der Waals surface area contributed by atoms with Gasteiger partial charge in [-0.15, -0.1) is 0 Å². The first-order chi connectivity index (χ1) is 17.1. The molecule has 35 heavy (non-hydrogen) atoms. The summed E-state index contributed by atoms with van der Waals surface area (Å²) < 4.78 is 7.35. The molecule has 5 rings (SSSR count). The van der Waals surface area contributed by atoms with Crippen molar-refractivity contribution in [1.29, 1.82) is 0 Å². The average molecular weight is 487 g/mol. The Hall–Kier alpha value is -3.94. The van der Waals surface area contributed by atoms with Gasteiger partial charge in [0.25, 0.3) is 11.1 Å². The fourth-order valence-electron chi connectivity index (χ4n) is 4.16. The van der Waals surface area contributed by atoms with Gasteiger partial charge in [-0.1, -0.05) is 60.1 Å². The average Bonchev–Trinajstić information content (AvgIpc) is 3.20. The van der Waals surface area contributed by atoms with Crippen LogP contribution in [0.2, 0.25) is 5.02 Å². The summed E-state index contributed by atoms with van der Waals surface area (Å²) >= 11 is 6.35. The molecule has 2 aromatic carbocycles. The quantitative estimate of drug-likeness (QED) is 0.336. The number of pyridine rings is 2. The maximum atomic E-state index is 13.6. The molecule has 0 aliphatic carbocycles. The topological polar surface area (TPSA) is 92.8 Å². The molecule has 0 saturated carbocycles. The van der Waals surface area contributed by atoms with Crippen molar-refractivity contribution in [2.24, 2.45) is 0 Å². The number of H-pyrrole nitrogens is 2. The second kappa shape index (κ2) is 10.1. The number of nitrogens with one attached hydrogen (secondary N) is 2. The zero-order chi connectivity index (χ0) is 24.2. The van der Waals surface area contributed by atoms with Crippen LogP contribution in [-0.4, -0.2) is 19.7 Å². The number of hydrogen-bond donors (Lipinski definition) is 2. The Morgan fingerprint density at radius 3 is 2.40 bits per heavy atom. The van der Waals surface area contributed by atoms with Crippen LogP contribution in [0.5, 0.6) is 0 Å². The van der Waals surface area contributed by atoms with E-state index in [4.69, 9.17) is 16.3 Å². The standard InChI is InChI=1S/C27H23ClN4O3/c28-22-11-4-5-12-23(22)32-27(34)24-21(17-35-16-18-8-2-1-3-9-18)20(26(33)30-25(24)31-32)14-13-19-10-6-7-15-29-19/h1-12,15H,13-14,16-17H2,(H2,30,31,33). The summed E-state index contributed by atoms with van der Waals surface area (Å²) in [6.45, 7) is 0.473. The van der Waals surface area contributed by atoms with Crippen LogP contribution in [0.1, 0.15) is 22.4 Å². The molecule has 0 aliphatic heterocycles. The summed E-state index contributed by atoms with van der Waals surface area (Å²) in [5.41, 5.74) is 3.22. The molecule has 0 bridgehead atoms. The lowest BCUT2D eigenvalue weighted by Gasteiger charge is -2.11. The Morgan fingerprint density at radius 2 is 1.63 bits per heavy atom. The molecule has 0 unspecified atom stereocenters. The number of rotatable bonds is 8. The lowest BCUT2D eigenvalue weighted by molar-refractivity contribution is 0.107. The number of benzene rings is 2. The number of ether oxygens (including phenoxy) is 1. The first kappa shape index (κ1) is 22.8. The first-order valence-corrected chi connectivity index (χ1v) is 11.6. The van der Waals surface area contributed by atoms with Crippen LogP contribution in [0.25, 0.3) is 16.7 Å². The molecular weight excluding hydrogens is 464 g/mol. The van der Waals surface area contributed by atoms with Crippen LogP contribution in [-0.2, 0) is 30.8 Å². The Balaban J connectivity index is 1.58. The van der Waals surface area contributed by atoms with E-state index < -0.39 is 0 Å². The van der Waals surface area contributed by atoms with Gasteiger partial charge in [-0.2, -0.15) is 0 Å². The highest BCUT2D eigenvalue weighted by molar-refractivity contribution is 6.32. The van der Waals surface area contributed by atoms with Gasteiger partial charge in [0, 0.05) is 23.0 Å². The largest absolute Gasteiger partial charge is 0.372 e. The molecular formula is C27H23ClN4O3. The number of halogens is 1. The van der Waals surface area contributed by atoms with E-state index in [9.17, 15) is 9.59 Å². The summed E-state index contributed by atoms with van der Waals surface area (Å²) in [5.74, 6) is 0. The van der Waals surface area contributed by atoms with Crippen LogP contribution < -0.4 is 11.1 Å². The predicted octanol–water partition coefficient (Wildman–Crippen LogP) is 4.56. The van der Waals surface area contributed by atoms with Crippen molar-refractivity contribution in [3.63, 3.8) is 0 Å². The Morgan fingerprint density at radius 1 is 0.857 bits per heavy atom. The number of aromatic amines is 2. The van der Waals surface area contributed by atoms with Crippen LogP contribution in [0.4, 0.5) is 0 Å². The smallest absolute Gasteiger partial charge is 0.281 e. The zero-order valence-electron chi connectivity index (χ0n) is 18.8. The van der Waals surface area contributed by atoms with Gasteiger partial charge in [0.1, 0.15) is 5.65 Å². The number of para-hydroxylation sites is 1. The summed E-state index contributed by atoms with van der Waals surface area (Å²) in [6, 6.07) is 22.5. The van der Waals surface area contributed by atoms with Gasteiger partial charge in [0.15, 0.2) is 0 Å². The third-order valence-corrected chi connectivity index (χ3v) is 6.20. The molecule has 176 valence electrons. The highest BCUT2D eigenvalue weighted by atomic mass is 35.5. The van der Waals surface area contributed by atoms with E-state index in [0.29, 0.717) is 52.3 Å². The summed E-state index contributed by atoms with van der Waals surface area (Å²) in [4.78, 5) is 33.9. The predicted molar refractivity (Wildman–Crippen MR) is 136 cm³/mol. The highest BCUT2D eigenvalue weighted by Gasteiger charge is 2.20. The van der Waals surface area contributed by atoms with Crippen molar-refractivity contribution >= 4 is 22.6 Å². The molecule has 3 heterocycles. The second-order valence-corrected chi connectivity index (χ2v) is 8.57. The summed E-state index contributed by atoms with van der Waals surface area (Å²) in [7, 11) is 0. The molecule has 2 N–H and O–H groups in total. The van der Waals surface area contributed by atoms with E-state index in [1.54, 1.807) is 30.5 Å². The van der Waals surface area contributed by atoms with E-state index in [1.165, 1.54) is 4.68 Å². The lowest BCUT2D eigenvalue weighted by Crippen LogP contribution is -2.20. The SMILES string of the molecule is O=c1[nH]c2[nH]n(-c3ccccc3Cl)c(=O)c2c(COCc2ccccc2)c1CCc1ccccn1. The maximum absolute atomic E-state index is 13.6. The van der Waals surface area contributed by atoms with Gasteiger partial charge < -0.3 is 9.72 Å². The van der Waals surface area contributed by atoms with Gasteiger partial charge in [-0.3, -0.25) is 19.7 Å². The van der Waals surface area contributed by atoms with Crippen molar-refractivity contribution < 1.29 is 4.74 Å². The molecule has 0 spiro atoms. The van der Waals surface area contributed by atoms with Crippen molar-refractivity contribution in [2.75, 3.05) is 0 Å². The van der Waals surface area contributed by atoms with Crippen LogP contribution in [0, 0.1) is 0 Å². The van der Waals surface area contributed by atoms with E-state index >= 15 is 0 Å². The zero-order valence-corrected chi connectivity index (χ0v) is 19.6. The molecule has 7 nitrogen and oxygen atoms in total. The van der Waals surface area contributed by atoms with E-state index in [2.05, 4.69) is 15.1 Å². The van der Waals surface area contributed by atoms with Crippen LogP contribution in [0.3, 0.4) is 0 Å². The normalized spacial score (nSPS) is 11.2. The Kier molecular flexibility index (Phi) is 6.61. The number of aryl methyl sites for hydroxylation is 1. The fraction of sp³-hybridized carbons (Fsp3) is 0.148. The third-order valence-electron chi connectivity index (χ3n) is 5.88. The Labute approximate surface area is 206 Å². The van der Waals surface area contributed by atoms with Crippen LogP contribution in [0.15, 0.2) is 88.6 Å². The van der Waals surface area contributed by atoms with E-state index in [-0.39, 0.29) is 17.7 Å². The Bertz CT molecular complexity index is 1570. The van der Waals surface area contributed by atoms with E-state index in [1.807, 2.05) is 48.5 Å². The number of hydrogen-bond acceptors (Lipinski definition) is 4. The minimum Gasteiger partial charge on any atom is -0.372 e. The van der Waals surface area contributed by atoms with Gasteiger partial charge in [0.2, 0.25) is 0 Å². The molecule has 0 amide bonds. The lowest BCUT2D eigenvalue weighted by atomic mass is 10.0. The molecule has 8 heteroatoms. The molecule has 3 aromatic heterocycles. The number of nitrogens with zero attached hydrogens (tertiary/aromatic N) is 2. The maximum Gasteiger partial charge on any atom is 0.281 e. The number of fused-ring (bicyclic) bond motifs is 1. The monoisotopic (exact) mass is 486 g/mol. The summed E-state index contributed by atoms with van der Waals surface area (Å²) in [5, 5.41) is 3.81. The van der Waals surface area contributed by atoms with Crippen molar-refractivity contribution in [3.8, 4) is 5.69 Å². The van der Waals surface area contributed by atoms with Gasteiger partial charge in [-0.05, 0) is 42.7 Å². The highest BCUT2D eigenvalue weighted by Crippen LogP contribution is 2.22. The third kappa shape index (κ3) is 4.82. The molecule has 0 fully saturated rings. The van der Waals surface area contributed by atoms with Gasteiger partial charge in [0.05, 0.1) is 29.3 Å². The number of aromatic nitrogens is 4. The van der Waals surface area contributed by atoms with Crippen molar-refractivity contribution in [2.45, 2.75) is 26.1 Å². The van der Waals surface area contributed by atoms with Crippen LogP contribution >= 0.6 is 11.6 Å². The fourth-order valence-corrected chi connectivity index (χ4v) is 4.38. The molecule has 0 radical (unpaired) electrons. The second-order valence-electron chi connectivity index (χ2n) is 8.16.